The third-order valence-electron chi connectivity index (χ3n) is 7.19. The molecular formula is C26H30N6O7S. The standard InChI is InChI=1S/C26H30N6O7S/c1-32(16-12-38-13-16)15-7-22(36-3)25(23(8-15)37-4)40(33,34)31-26-17-9-21(35-2)19(10-20(17)39-30-26)27-24-11-18(28-29-24)14-5-6-14/h7-11,14,16H,5-6,12-13H2,1-4H3,(H,30,31)(H2,27,28,29). The lowest BCUT2D eigenvalue weighted by Gasteiger charge is -2.36. The molecule has 40 heavy (non-hydrogen) atoms. The number of methoxy groups -OCH3 is 3. The summed E-state index contributed by atoms with van der Waals surface area (Å²) < 4.78 is 57.2. The summed E-state index contributed by atoms with van der Waals surface area (Å²) >= 11 is 0. The fraction of sp³-hybridized carbons (Fsp3) is 0.385. The SMILES string of the molecule is COc1cc2c(NS(=O)(=O)c3c(OC)cc(N(C)C4COC4)cc3OC)noc2cc1Nc1cc(C2CC2)[nH]n1. The molecule has 2 aromatic heterocycles. The molecule has 1 saturated carbocycles. The zero-order valence-electron chi connectivity index (χ0n) is 22.5. The smallest absolute Gasteiger partial charge is 0.270 e. The Morgan fingerprint density at radius 1 is 1.00 bits per heavy atom. The number of rotatable bonds is 11. The van der Waals surface area contributed by atoms with E-state index >= 15 is 0 Å². The zero-order chi connectivity index (χ0) is 28.0. The Hall–Kier alpha value is -4.17. The second-order valence-corrected chi connectivity index (χ2v) is 11.4. The van der Waals surface area contributed by atoms with E-state index in [1.165, 1.54) is 21.3 Å². The van der Waals surface area contributed by atoms with Gasteiger partial charge in [0, 0.05) is 48.6 Å². The van der Waals surface area contributed by atoms with E-state index in [0.29, 0.717) is 47.4 Å². The topological polar surface area (TPSA) is 153 Å². The van der Waals surface area contributed by atoms with Gasteiger partial charge < -0.3 is 33.7 Å². The summed E-state index contributed by atoms with van der Waals surface area (Å²) in [6.07, 6.45) is 2.31. The van der Waals surface area contributed by atoms with Crippen LogP contribution in [0.2, 0.25) is 0 Å². The molecular weight excluding hydrogens is 540 g/mol. The summed E-state index contributed by atoms with van der Waals surface area (Å²) in [6.45, 7) is 1.18. The lowest BCUT2D eigenvalue weighted by molar-refractivity contribution is 0.0101. The van der Waals surface area contributed by atoms with Crippen LogP contribution in [-0.4, -0.2) is 71.4 Å². The Kier molecular flexibility index (Phi) is 6.58. The maximum Gasteiger partial charge on any atom is 0.270 e. The van der Waals surface area contributed by atoms with E-state index in [0.717, 1.165) is 24.2 Å². The molecule has 6 rings (SSSR count). The van der Waals surface area contributed by atoms with E-state index in [1.807, 2.05) is 18.0 Å². The fourth-order valence-electron chi connectivity index (χ4n) is 4.62. The minimum absolute atomic E-state index is 0.00689. The molecule has 212 valence electrons. The quantitative estimate of drug-likeness (QED) is 0.241. The molecule has 0 amide bonds. The van der Waals surface area contributed by atoms with Crippen molar-refractivity contribution in [1.82, 2.24) is 15.4 Å². The number of fused-ring (bicyclic) bond motifs is 1. The average Bonchev–Trinajstić information content (AvgIpc) is 3.55. The summed E-state index contributed by atoms with van der Waals surface area (Å²) in [4.78, 5) is 1.84. The molecule has 13 nitrogen and oxygen atoms in total. The molecule has 4 aromatic rings. The first-order valence-electron chi connectivity index (χ1n) is 12.7. The monoisotopic (exact) mass is 570 g/mol. The van der Waals surface area contributed by atoms with Gasteiger partial charge in [0.05, 0.1) is 51.7 Å². The van der Waals surface area contributed by atoms with Gasteiger partial charge in [0.1, 0.15) is 17.2 Å². The van der Waals surface area contributed by atoms with Crippen LogP contribution in [0.1, 0.15) is 24.5 Å². The van der Waals surface area contributed by atoms with E-state index in [4.69, 9.17) is 23.5 Å². The summed E-state index contributed by atoms with van der Waals surface area (Å²) in [7, 11) is 2.01. The highest BCUT2D eigenvalue weighted by molar-refractivity contribution is 7.93. The highest BCUT2D eigenvalue weighted by atomic mass is 32.2. The Labute approximate surface area is 230 Å². The average molecular weight is 571 g/mol. The third-order valence-corrected chi connectivity index (χ3v) is 8.59. The molecule has 0 spiro atoms. The highest BCUT2D eigenvalue weighted by Gasteiger charge is 2.31. The first-order chi connectivity index (χ1) is 19.3. The van der Waals surface area contributed by atoms with Crippen LogP contribution in [0.4, 0.5) is 23.0 Å². The van der Waals surface area contributed by atoms with Crippen LogP contribution >= 0.6 is 0 Å². The van der Waals surface area contributed by atoms with Crippen molar-refractivity contribution in [3.63, 3.8) is 0 Å². The van der Waals surface area contributed by atoms with Crippen molar-refractivity contribution in [2.75, 3.05) is 56.5 Å². The molecule has 1 aliphatic heterocycles. The molecule has 1 aliphatic carbocycles. The molecule has 3 N–H and O–H groups in total. The number of sulfonamides is 1. The second kappa shape index (κ2) is 10.1. The molecule has 14 heteroatoms. The van der Waals surface area contributed by atoms with E-state index in [1.54, 1.807) is 24.3 Å². The second-order valence-electron chi connectivity index (χ2n) is 9.77. The summed E-state index contributed by atoms with van der Waals surface area (Å²) in [5.74, 6) is 1.86. The lowest BCUT2D eigenvalue weighted by Crippen LogP contribution is -2.47. The number of nitrogens with one attached hydrogen (secondary N) is 3. The van der Waals surface area contributed by atoms with Crippen molar-refractivity contribution in [3.05, 3.63) is 36.0 Å². The van der Waals surface area contributed by atoms with Gasteiger partial charge in [-0.1, -0.05) is 5.16 Å². The molecule has 2 fully saturated rings. The molecule has 1 saturated heterocycles. The first kappa shape index (κ1) is 26.1. The van der Waals surface area contributed by atoms with Crippen LogP contribution < -0.4 is 29.1 Å². The number of likely N-dealkylation sites (N-methyl/N-ethyl adjacent to an activating group) is 1. The van der Waals surface area contributed by atoms with Gasteiger partial charge in [0.15, 0.2) is 22.1 Å². The van der Waals surface area contributed by atoms with E-state index in [9.17, 15) is 8.42 Å². The van der Waals surface area contributed by atoms with Crippen molar-refractivity contribution in [1.29, 1.82) is 0 Å². The van der Waals surface area contributed by atoms with Crippen LogP contribution in [-0.2, 0) is 14.8 Å². The number of aromatic nitrogens is 3. The third kappa shape index (κ3) is 4.73. The van der Waals surface area contributed by atoms with Gasteiger partial charge in [-0.2, -0.15) is 5.10 Å². The van der Waals surface area contributed by atoms with Gasteiger partial charge in [0.25, 0.3) is 10.0 Å². The van der Waals surface area contributed by atoms with Crippen LogP contribution in [0.3, 0.4) is 0 Å². The van der Waals surface area contributed by atoms with Crippen LogP contribution in [0, 0.1) is 0 Å². The Morgan fingerprint density at radius 3 is 2.30 bits per heavy atom. The number of hydrogen-bond donors (Lipinski definition) is 3. The predicted molar refractivity (Wildman–Crippen MR) is 148 cm³/mol. The first-order valence-corrected chi connectivity index (χ1v) is 14.2. The summed E-state index contributed by atoms with van der Waals surface area (Å²) in [6, 6.07) is 8.78. The van der Waals surface area contributed by atoms with E-state index < -0.39 is 10.0 Å². The lowest BCUT2D eigenvalue weighted by atomic mass is 10.2. The van der Waals surface area contributed by atoms with Gasteiger partial charge in [-0.15, -0.1) is 0 Å². The van der Waals surface area contributed by atoms with Crippen molar-refractivity contribution < 1.29 is 31.9 Å². The van der Waals surface area contributed by atoms with Crippen LogP contribution in [0.15, 0.2) is 39.8 Å². The number of H-pyrrole nitrogens is 1. The van der Waals surface area contributed by atoms with Gasteiger partial charge in [0.2, 0.25) is 0 Å². The predicted octanol–water partition coefficient (Wildman–Crippen LogP) is 3.83. The molecule has 2 aliphatic rings. The van der Waals surface area contributed by atoms with E-state index in [2.05, 4.69) is 25.4 Å². The minimum Gasteiger partial charge on any atom is -0.495 e. The van der Waals surface area contributed by atoms with Crippen molar-refractivity contribution in [2.45, 2.75) is 29.7 Å². The van der Waals surface area contributed by atoms with Crippen molar-refractivity contribution in [2.24, 2.45) is 0 Å². The molecule has 3 heterocycles. The molecule has 2 aromatic carbocycles. The number of aromatic amines is 1. The van der Waals surface area contributed by atoms with Gasteiger partial charge in [-0.05, 0) is 18.9 Å². The highest BCUT2D eigenvalue weighted by Crippen LogP contribution is 2.42. The van der Waals surface area contributed by atoms with Crippen LogP contribution in [0.25, 0.3) is 11.0 Å². The number of nitrogens with zero attached hydrogens (tertiary/aromatic N) is 3. The molecule has 0 bridgehead atoms. The number of hydrogen-bond acceptors (Lipinski definition) is 11. The maximum atomic E-state index is 13.7. The summed E-state index contributed by atoms with van der Waals surface area (Å²) in [5.41, 5.74) is 2.76. The molecule has 0 atom stereocenters. The fourth-order valence-corrected chi connectivity index (χ4v) is 5.94. The Balaban J connectivity index is 1.31. The Bertz CT molecular complexity index is 1630. The molecule has 0 radical (unpaired) electrons. The minimum atomic E-state index is -4.23. The van der Waals surface area contributed by atoms with Crippen molar-refractivity contribution in [3.8, 4) is 17.2 Å². The van der Waals surface area contributed by atoms with E-state index in [-0.39, 0.29) is 28.3 Å². The number of benzene rings is 2. The number of ether oxygens (including phenoxy) is 4. The van der Waals surface area contributed by atoms with Gasteiger partial charge >= 0.3 is 0 Å². The Morgan fingerprint density at radius 2 is 1.70 bits per heavy atom. The van der Waals surface area contributed by atoms with Gasteiger partial charge in [-0.25, -0.2) is 8.42 Å². The van der Waals surface area contributed by atoms with Crippen LogP contribution in [0.5, 0.6) is 17.2 Å². The maximum absolute atomic E-state index is 13.7. The normalized spacial score (nSPS) is 15.5. The number of anilines is 4. The zero-order valence-corrected chi connectivity index (χ0v) is 23.3. The van der Waals surface area contributed by atoms with Gasteiger partial charge in [-0.3, -0.25) is 9.82 Å². The largest absolute Gasteiger partial charge is 0.495 e. The summed E-state index contributed by atoms with van der Waals surface area (Å²) in [5, 5.41) is 15.0. The van der Waals surface area contributed by atoms with Crippen molar-refractivity contribution >= 4 is 44.0 Å². The molecule has 0 unspecified atom stereocenters.